The summed E-state index contributed by atoms with van der Waals surface area (Å²) in [6.45, 7) is 3.15. The van der Waals surface area contributed by atoms with Crippen molar-refractivity contribution in [2.24, 2.45) is 0 Å². The van der Waals surface area contributed by atoms with Gasteiger partial charge in [-0.25, -0.2) is 8.42 Å². The first-order valence-electron chi connectivity index (χ1n) is 2.59. The predicted octanol–water partition coefficient (Wildman–Crippen LogP) is -0.586. The number of nitrogens with zero attached hydrogens (tertiary/aromatic N) is 2. The monoisotopic (exact) mass is 174 g/mol. The standard InChI is InChI=1S/C5H6N2O3S/c1-2-3-11(9,10)5(8)4-7-6/h2,4H,1,3H2. The Kier molecular flexibility index (Phi) is 3.36. The van der Waals surface area contributed by atoms with E-state index in [1.54, 1.807) is 0 Å². The molecule has 0 N–H and O–H groups in total. The molecule has 0 amide bonds. The van der Waals surface area contributed by atoms with Gasteiger partial charge in [-0.1, -0.05) is 6.08 Å². The highest BCUT2D eigenvalue weighted by Gasteiger charge is 2.21. The molecule has 0 atom stereocenters. The van der Waals surface area contributed by atoms with E-state index in [9.17, 15) is 13.2 Å². The fraction of sp³-hybridized carbons (Fsp3) is 0.200. The third-order valence-electron chi connectivity index (χ3n) is 0.807. The van der Waals surface area contributed by atoms with E-state index in [0.29, 0.717) is 6.21 Å². The van der Waals surface area contributed by atoms with Crippen LogP contribution in [0.15, 0.2) is 12.7 Å². The molecule has 0 aromatic rings. The molecule has 0 aliphatic rings. The van der Waals surface area contributed by atoms with Crippen molar-refractivity contribution in [1.29, 1.82) is 0 Å². The summed E-state index contributed by atoms with van der Waals surface area (Å²) < 4.78 is 21.4. The maximum Gasteiger partial charge on any atom is 0.350 e. The molecular formula is C5H6N2O3S. The zero-order valence-corrected chi connectivity index (χ0v) is 6.41. The maximum atomic E-state index is 10.7. The van der Waals surface area contributed by atoms with Crippen molar-refractivity contribution >= 4 is 21.2 Å². The van der Waals surface area contributed by atoms with Gasteiger partial charge in [0.25, 0.3) is 0 Å². The second-order valence-corrected chi connectivity index (χ2v) is 3.60. The van der Waals surface area contributed by atoms with E-state index in [2.05, 4.69) is 11.4 Å². The summed E-state index contributed by atoms with van der Waals surface area (Å²) in [5.41, 5.74) is 7.83. The van der Waals surface area contributed by atoms with E-state index in [1.165, 1.54) is 0 Å². The molecule has 0 spiro atoms. The molecule has 0 unspecified atom stereocenters. The van der Waals surface area contributed by atoms with Crippen LogP contribution in [-0.4, -0.2) is 30.3 Å². The van der Waals surface area contributed by atoms with Gasteiger partial charge in [0.1, 0.15) is 0 Å². The first-order chi connectivity index (χ1) is 5.04. The molecular weight excluding hydrogens is 168 g/mol. The van der Waals surface area contributed by atoms with Crippen LogP contribution in [0.1, 0.15) is 0 Å². The summed E-state index contributed by atoms with van der Waals surface area (Å²) in [7, 11) is -3.84. The van der Waals surface area contributed by atoms with Gasteiger partial charge in [0.2, 0.25) is 9.84 Å². The Bertz CT molecular complexity index is 311. The number of carbonyl (C=O) groups is 1. The second kappa shape index (κ2) is 3.80. The number of carbonyl (C=O) groups excluding carboxylic acids is 1. The van der Waals surface area contributed by atoms with Crippen molar-refractivity contribution in [2.45, 2.75) is 0 Å². The summed E-state index contributed by atoms with van der Waals surface area (Å²) in [5.74, 6) is -0.447. The minimum absolute atomic E-state index is 0.332. The Morgan fingerprint density at radius 3 is 2.55 bits per heavy atom. The quantitative estimate of drug-likeness (QED) is 0.248. The zero-order valence-electron chi connectivity index (χ0n) is 5.60. The number of hydrogen-bond donors (Lipinski definition) is 0. The van der Waals surface area contributed by atoms with Crippen LogP contribution in [0.3, 0.4) is 0 Å². The van der Waals surface area contributed by atoms with Crippen molar-refractivity contribution in [1.82, 2.24) is 0 Å². The summed E-state index contributed by atoms with van der Waals surface area (Å²) in [6, 6.07) is 0. The highest BCUT2D eigenvalue weighted by molar-refractivity contribution is 8.07. The molecule has 60 valence electrons. The summed E-state index contributed by atoms with van der Waals surface area (Å²) in [6.07, 6.45) is 1.41. The van der Waals surface area contributed by atoms with Crippen LogP contribution >= 0.6 is 0 Å². The van der Waals surface area contributed by atoms with Gasteiger partial charge in [-0.05, 0) is 0 Å². The predicted molar refractivity (Wildman–Crippen MR) is 38.7 cm³/mol. The van der Waals surface area contributed by atoms with Crippen LogP contribution in [-0.2, 0) is 14.6 Å². The molecule has 0 saturated heterocycles. The lowest BCUT2D eigenvalue weighted by atomic mass is 10.8. The first-order valence-corrected chi connectivity index (χ1v) is 4.25. The average Bonchev–Trinajstić information content (AvgIpc) is 1.88. The number of rotatable bonds is 3. The Morgan fingerprint density at radius 1 is 1.64 bits per heavy atom. The van der Waals surface area contributed by atoms with Crippen LogP contribution in [0, 0.1) is 0 Å². The molecule has 11 heavy (non-hydrogen) atoms. The molecule has 0 aliphatic carbocycles. The van der Waals surface area contributed by atoms with Gasteiger partial charge in [-0.15, -0.1) is 6.58 Å². The van der Waals surface area contributed by atoms with Gasteiger partial charge in [0.05, 0.1) is 5.75 Å². The normalized spacial score (nSPS) is 9.82. The van der Waals surface area contributed by atoms with Gasteiger partial charge in [0, 0.05) is 0 Å². The fourth-order valence-corrected chi connectivity index (χ4v) is 1.05. The fourth-order valence-electron chi connectivity index (χ4n) is 0.365. The van der Waals surface area contributed by atoms with E-state index in [1.807, 2.05) is 0 Å². The van der Waals surface area contributed by atoms with Crippen molar-refractivity contribution in [3.05, 3.63) is 18.2 Å². The molecule has 0 aliphatic heterocycles. The second-order valence-electron chi connectivity index (χ2n) is 1.63. The lowest BCUT2D eigenvalue weighted by Crippen LogP contribution is -2.18. The van der Waals surface area contributed by atoms with Crippen LogP contribution in [0.25, 0.3) is 5.53 Å². The van der Waals surface area contributed by atoms with E-state index in [4.69, 9.17) is 5.53 Å². The van der Waals surface area contributed by atoms with Gasteiger partial charge in [0.15, 0.2) is 0 Å². The van der Waals surface area contributed by atoms with Crippen molar-refractivity contribution in [3.8, 4) is 0 Å². The minimum atomic E-state index is -3.84. The highest BCUT2D eigenvalue weighted by atomic mass is 32.2. The van der Waals surface area contributed by atoms with Crippen LogP contribution < -0.4 is 0 Å². The van der Waals surface area contributed by atoms with Gasteiger partial charge < -0.3 is 5.53 Å². The molecule has 6 heteroatoms. The topological polar surface area (TPSA) is 87.6 Å². The van der Waals surface area contributed by atoms with Crippen molar-refractivity contribution in [3.63, 3.8) is 0 Å². The third kappa shape index (κ3) is 2.88. The lowest BCUT2D eigenvalue weighted by molar-refractivity contribution is -0.109. The zero-order chi connectivity index (χ0) is 8.91. The summed E-state index contributed by atoms with van der Waals surface area (Å²) >= 11 is 0. The average molecular weight is 174 g/mol. The highest BCUT2D eigenvalue weighted by Crippen LogP contribution is 1.89. The largest absolute Gasteiger partial charge is 0.361 e. The Balaban J connectivity index is 4.71. The van der Waals surface area contributed by atoms with E-state index >= 15 is 0 Å². The minimum Gasteiger partial charge on any atom is -0.361 e. The molecule has 0 fully saturated rings. The Labute approximate surface area is 63.9 Å². The van der Waals surface area contributed by atoms with Crippen LogP contribution in [0.2, 0.25) is 0 Å². The van der Waals surface area contributed by atoms with E-state index in [-0.39, 0.29) is 0 Å². The van der Waals surface area contributed by atoms with Crippen LogP contribution in [0.4, 0.5) is 0 Å². The summed E-state index contributed by atoms with van der Waals surface area (Å²) in [4.78, 5) is 12.8. The smallest absolute Gasteiger partial charge is 0.350 e. The molecule has 5 nitrogen and oxygen atoms in total. The third-order valence-corrected chi connectivity index (χ3v) is 2.20. The SMILES string of the molecule is C=CCS(=O)(=O)C(=O)C=[N+]=[N-]. The lowest BCUT2D eigenvalue weighted by Gasteiger charge is -1.88. The molecule has 0 radical (unpaired) electrons. The van der Waals surface area contributed by atoms with Crippen LogP contribution in [0.5, 0.6) is 0 Å². The Hall–Kier alpha value is -1.26. The molecule has 0 bridgehead atoms. The van der Waals surface area contributed by atoms with Gasteiger partial charge in [-0.3, -0.25) is 4.79 Å². The van der Waals surface area contributed by atoms with Crippen molar-refractivity contribution < 1.29 is 18.0 Å². The van der Waals surface area contributed by atoms with Gasteiger partial charge in [-0.2, -0.15) is 4.79 Å². The number of sulfone groups is 1. The first kappa shape index (κ1) is 9.74. The maximum absolute atomic E-state index is 10.7. The Morgan fingerprint density at radius 2 is 2.18 bits per heavy atom. The molecule has 0 heterocycles. The molecule has 0 saturated carbocycles. The molecule has 0 aromatic carbocycles. The van der Waals surface area contributed by atoms with Crippen molar-refractivity contribution in [2.75, 3.05) is 5.75 Å². The molecule has 0 aromatic heterocycles. The van der Waals surface area contributed by atoms with E-state index < -0.39 is 20.7 Å². The van der Waals surface area contributed by atoms with Gasteiger partial charge >= 0.3 is 11.3 Å². The number of hydrogen-bond acceptors (Lipinski definition) is 3. The molecule has 0 rings (SSSR count). The van der Waals surface area contributed by atoms with E-state index in [0.717, 1.165) is 6.08 Å². The summed E-state index contributed by atoms with van der Waals surface area (Å²) in [5, 5.41) is -1.22.